The number of benzene rings is 2. The summed E-state index contributed by atoms with van der Waals surface area (Å²) in [4.78, 5) is 23.5. The van der Waals surface area contributed by atoms with Crippen LogP contribution in [-0.4, -0.2) is 25.5 Å². The first kappa shape index (κ1) is 19.6. The zero-order valence-electron chi connectivity index (χ0n) is 13.8. The molecule has 2 amide bonds. The van der Waals surface area contributed by atoms with Gasteiger partial charge in [-0.15, -0.1) is 0 Å². The highest BCUT2D eigenvalue weighted by molar-refractivity contribution is 6.35. The zero-order chi connectivity index (χ0) is 18.9. The van der Waals surface area contributed by atoms with Crippen molar-refractivity contribution in [2.75, 3.05) is 13.7 Å². The minimum atomic E-state index is -0.546. The summed E-state index contributed by atoms with van der Waals surface area (Å²) in [7, 11) is 1.54. The number of nitrogens with one attached hydrogen (secondary N) is 2. The van der Waals surface area contributed by atoms with E-state index in [9.17, 15) is 9.59 Å². The van der Waals surface area contributed by atoms with Crippen molar-refractivity contribution < 1.29 is 19.1 Å². The van der Waals surface area contributed by atoms with Gasteiger partial charge in [-0.2, -0.15) is 0 Å². The lowest BCUT2D eigenvalue weighted by Crippen LogP contribution is -2.43. The molecule has 0 aliphatic carbocycles. The fraction of sp³-hybridized carbons (Fsp3) is 0.111. The van der Waals surface area contributed by atoms with Gasteiger partial charge in [-0.3, -0.25) is 20.4 Å². The molecule has 6 nitrogen and oxygen atoms in total. The van der Waals surface area contributed by atoms with E-state index in [1.165, 1.54) is 12.1 Å². The molecule has 0 atom stereocenters. The topological polar surface area (TPSA) is 76.7 Å². The highest BCUT2D eigenvalue weighted by atomic mass is 35.5. The van der Waals surface area contributed by atoms with Gasteiger partial charge < -0.3 is 9.47 Å². The Kier molecular flexibility index (Phi) is 7.32. The molecule has 26 heavy (non-hydrogen) atoms. The molecule has 0 aliphatic heterocycles. The highest BCUT2D eigenvalue weighted by Gasteiger charge is 2.07. The van der Waals surface area contributed by atoms with Crippen molar-refractivity contribution >= 4 is 41.1 Å². The molecule has 0 saturated carbocycles. The predicted molar refractivity (Wildman–Crippen MR) is 100 cm³/mol. The largest absolute Gasteiger partial charge is 0.496 e. The third-order valence-electron chi connectivity index (χ3n) is 3.13. The van der Waals surface area contributed by atoms with Crippen molar-refractivity contribution in [3.63, 3.8) is 0 Å². The average molecular weight is 395 g/mol. The Morgan fingerprint density at radius 1 is 1.08 bits per heavy atom. The van der Waals surface area contributed by atoms with Gasteiger partial charge in [0, 0.05) is 16.7 Å². The molecule has 0 radical (unpaired) electrons. The number of carbonyl (C=O) groups excluding carboxylic acids is 2. The molecule has 2 N–H and O–H groups in total. The molecule has 0 spiro atoms. The molecule has 2 aromatic carbocycles. The molecular weight excluding hydrogens is 379 g/mol. The van der Waals surface area contributed by atoms with Crippen molar-refractivity contribution in [2.24, 2.45) is 0 Å². The normalized spacial score (nSPS) is 10.4. The predicted octanol–water partition coefficient (Wildman–Crippen LogP) is 3.24. The van der Waals surface area contributed by atoms with Gasteiger partial charge in [0.15, 0.2) is 6.61 Å². The molecule has 136 valence electrons. The first-order chi connectivity index (χ1) is 12.5. The number of halogens is 2. The van der Waals surface area contributed by atoms with E-state index in [4.69, 9.17) is 32.7 Å². The molecule has 0 saturated heterocycles. The van der Waals surface area contributed by atoms with Crippen LogP contribution in [0.15, 0.2) is 48.5 Å². The smallest absolute Gasteiger partial charge is 0.276 e. The van der Waals surface area contributed by atoms with Crippen LogP contribution < -0.4 is 20.3 Å². The Labute approximate surface area is 160 Å². The van der Waals surface area contributed by atoms with Gasteiger partial charge in [0.1, 0.15) is 11.5 Å². The van der Waals surface area contributed by atoms with Crippen molar-refractivity contribution in [3.05, 3.63) is 64.1 Å². The van der Waals surface area contributed by atoms with E-state index >= 15 is 0 Å². The molecule has 2 rings (SSSR count). The van der Waals surface area contributed by atoms with E-state index in [2.05, 4.69) is 10.9 Å². The summed E-state index contributed by atoms with van der Waals surface area (Å²) in [6, 6.07) is 11.9. The van der Waals surface area contributed by atoms with Crippen LogP contribution in [0.3, 0.4) is 0 Å². The minimum absolute atomic E-state index is 0.286. The number of hydrazine groups is 1. The zero-order valence-corrected chi connectivity index (χ0v) is 15.3. The first-order valence-corrected chi connectivity index (χ1v) is 8.23. The van der Waals surface area contributed by atoms with Gasteiger partial charge >= 0.3 is 0 Å². The maximum atomic E-state index is 11.8. The summed E-state index contributed by atoms with van der Waals surface area (Å²) in [5, 5.41) is 0.745. The lowest BCUT2D eigenvalue weighted by Gasteiger charge is -2.09. The van der Waals surface area contributed by atoms with E-state index in [0.29, 0.717) is 16.5 Å². The molecule has 0 aliphatic rings. The van der Waals surface area contributed by atoms with E-state index in [1.807, 2.05) is 12.1 Å². The Morgan fingerprint density at radius 2 is 1.85 bits per heavy atom. The molecule has 0 unspecified atom stereocenters. The van der Waals surface area contributed by atoms with Crippen LogP contribution in [0.1, 0.15) is 5.56 Å². The number of carbonyl (C=O) groups is 2. The second-order valence-corrected chi connectivity index (χ2v) is 5.82. The lowest BCUT2D eigenvalue weighted by atomic mass is 10.2. The molecular formula is C18H16Cl2N2O4. The Bertz CT molecular complexity index is 825. The van der Waals surface area contributed by atoms with Crippen molar-refractivity contribution in [1.82, 2.24) is 10.9 Å². The number of hydrogen-bond acceptors (Lipinski definition) is 4. The minimum Gasteiger partial charge on any atom is -0.496 e. The summed E-state index contributed by atoms with van der Waals surface area (Å²) in [6.07, 6.45) is 2.85. The molecule has 2 aromatic rings. The monoisotopic (exact) mass is 394 g/mol. The van der Waals surface area contributed by atoms with E-state index in [-0.39, 0.29) is 11.6 Å². The van der Waals surface area contributed by atoms with E-state index < -0.39 is 11.8 Å². The number of methoxy groups -OCH3 is 1. The van der Waals surface area contributed by atoms with Gasteiger partial charge in [-0.05, 0) is 30.3 Å². The quantitative estimate of drug-likeness (QED) is 0.582. The first-order valence-electron chi connectivity index (χ1n) is 7.47. The number of ether oxygens (including phenoxy) is 2. The Morgan fingerprint density at radius 3 is 2.58 bits per heavy atom. The molecule has 8 heteroatoms. The summed E-state index contributed by atoms with van der Waals surface area (Å²) < 4.78 is 10.4. The molecule has 0 heterocycles. The van der Waals surface area contributed by atoms with Crippen molar-refractivity contribution in [1.29, 1.82) is 0 Å². The van der Waals surface area contributed by atoms with E-state index in [0.717, 1.165) is 5.56 Å². The average Bonchev–Trinajstić information content (AvgIpc) is 2.64. The number of amides is 2. The SMILES string of the molecule is COc1ccccc1/C=C/C(=O)NNC(=O)COc1ccc(Cl)cc1Cl. The van der Waals surface area contributed by atoms with Crippen LogP contribution in [0.25, 0.3) is 6.08 Å². The fourth-order valence-electron chi connectivity index (χ4n) is 1.91. The van der Waals surface area contributed by atoms with Crippen molar-refractivity contribution in [3.8, 4) is 11.5 Å². The lowest BCUT2D eigenvalue weighted by molar-refractivity contribution is -0.128. The second-order valence-electron chi connectivity index (χ2n) is 4.98. The van der Waals surface area contributed by atoms with Gasteiger partial charge in [-0.25, -0.2) is 0 Å². The van der Waals surface area contributed by atoms with Crippen LogP contribution >= 0.6 is 23.2 Å². The van der Waals surface area contributed by atoms with Crippen LogP contribution in [-0.2, 0) is 9.59 Å². The van der Waals surface area contributed by atoms with Crippen LogP contribution in [0.4, 0.5) is 0 Å². The molecule has 0 aromatic heterocycles. The summed E-state index contributed by atoms with van der Waals surface area (Å²) >= 11 is 11.7. The maximum absolute atomic E-state index is 11.8. The molecule has 0 bridgehead atoms. The summed E-state index contributed by atoms with van der Waals surface area (Å²) in [5.74, 6) is -0.105. The third kappa shape index (κ3) is 5.98. The van der Waals surface area contributed by atoms with Crippen LogP contribution in [0.2, 0.25) is 10.0 Å². The summed E-state index contributed by atoms with van der Waals surface area (Å²) in [6.45, 7) is -0.322. The van der Waals surface area contributed by atoms with E-state index in [1.54, 1.807) is 37.5 Å². The van der Waals surface area contributed by atoms with Gasteiger partial charge in [-0.1, -0.05) is 41.4 Å². The summed E-state index contributed by atoms with van der Waals surface area (Å²) in [5.41, 5.74) is 5.22. The Hall–Kier alpha value is -2.70. The standard InChI is InChI=1S/C18H16Cl2N2O4/c1-25-15-5-3-2-4-12(15)6-9-17(23)21-22-18(24)11-26-16-8-7-13(19)10-14(16)20/h2-10H,11H2,1H3,(H,21,23)(H,22,24)/b9-6+. The van der Waals surface area contributed by atoms with Crippen molar-refractivity contribution in [2.45, 2.75) is 0 Å². The third-order valence-corrected chi connectivity index (χ3v) is 3.66. The Balaban J connectivity index is 1.79. The number of hydrogen-bond donors (Lipinski definition) is 2. The fourth-order valence-corrected chi connectivity index (χ4v) is 2.38. The van der Waals surface area contributed by atoms with Gasteiger partial charge in [0.05, 0.1) is 12.1 Å². The highest BCUT2D eigenvalue weighted by Crippen LogP contribution is 2.27. The number of para-hydroxylation sites is 1. The van der Waals surface area contributed by atoms with Crippen LogP contribution in [0, 0.1) is 0 Å². The number of rotatable bonds is 6. The maximum Gasteiger partial charge on any atom is 0.276 e. The molecule has 0 fully saturated rings. The van der Waals surface area contributed by atoms with Crippen LogP contribution in [0.5, 0.6) is 11.5 Å². The van der Waals surface area contributed by atoms with Gasteiger partial charge in [0.2, 0.25) is 0 Å². The van der Waals surface area contributed by atoms with Gasteiger partial charge in [0.25, 0.3) is 11.8 Å². The second kappa shape index (κ2) is 9.70.